The van der Waals surface area contributed by atoms with Crippen LogP contribution in [0.4, 0.5) is 0 Å². The Hall–Kier alpha value is -3.86. The molecular formula is C25H22N2O3. The van der Waals surface area contributed by atoms with Gasteiger partial charge < -0.3 is 15.0 Å². The van der Waals surface area contributed by atoms with Crippen molar-refractivity contribution >= 4 is 16.7 Å². The van der Waals surface area contributed by atoms with E-state index in [1.165, 1.54) is 5.56 Å². The summed E-state index contributed by atoms with van der Waals surface area (Å²) in [5.41, 5.74) is 3.24. The number of ether oxygens (including phenoxy) is 1. The van der Waals surface area contributed by atoms with Crippen molar-refractivity contribution in [2.75, 3.05) is 0 Å². The van der Waals surface area contributed by atoms with Gasteiger partial charge in [-0.2, -0.15) is 0 Å². The van der Waals surface area contributed by atoms with Gasteiger partial charge in [0.1, 0.15) is 18.1 Å². The number of rotatable bonds is 6. The average Bonchev–Trinajstić information content (AvgIpc) is 2.77. The summed E-state index contributed by atoms with van der Waals surface area (Å²) in [6, 6.07) is 24.7. The third-order valence-electron chi connectivity index (χ3n) is 4.86. The Bertz CT molecular complexity index is 1240. The van der Waals surface area contributed by atoms with E-state index >= 15 is 0 Å². The van der Waals surface area contributed by atoms with Gasteiger partial charge >= 0.3 is 0 Å². The molecule has 3 aromatic carbocycles. The third-order valence-corrected chi connectivity index (χ3v) is 4.86. The Morgan fingerprint density at radius 1 is 0.933 bits per heavy atom. The smallest absolute Gasteiger partial charge is 0.268 e. The van der Waals surface area contributed by atoms with Crippen LogP contribution >= 0.6 is 0 Å². The fourth-order valence-corrected chi connectivity index (χ4v) is 3.28. The molecule has 0 aliphatic carbocycles. The molecule has 0 fully saturated rings. The molecule has 0 radical (unpaired) electrons. The molecular weight excluding hydrogens is 376 g/mol. The van der Waals surface area contributed by atoms with Crippen LogP contribution in [0.5, 0.6) is 5.75 Å². The maximum atomic E-state index is 12.5. The van der Waals surface area contributed by atoms with Crippen LogP contribution < -0.4 is 15.6 Å². The molecule has 5 nitrogen and oxygen atoms in total. The largest absolute Gasteiger partial charge is 0.489 e. The summed E-state index contributed by atoms with van der Waals surface area (Å²) < 4.78 is 5.82. The normalized spacial score (nSPS) is 10.7. The number of aryl methyl sites for hydroxylation is 1. The molecule has 150 valence electrons. The molecule has 1 heterocycles. The minimum atomic E-state index is -0.322. The molecule has 1 amide bonds. The maximum absolute atomic E-state index is 12.5. The van der Waals surface area contributed by atoms with Gasteiger partial charge in [0.2, 0.25) is 0 Å². The fraction of sp³-hybridized carbons (Fsp3) is 0.120. The van der Waals surface area contributed by atoms with Crippen LogP contribution in [0.3, 0.4) is 0 Å². The van der Waals surface area contributed by atoms with Crippen LogP contribution in [-0.4, -0.2) is 10.9 Å². The van der Waals surface area contributed by atoms with Crippen molar-refractivity contribution in [3.8, 4) is 5.75 Å². The van der Waals surface area contributed by atoms with Crippen molar-refractivity contribution in [2.24, 2.45) is 0 Å². The second-order valence-corrected chi connectivity index (χ2v) is 7.20. The second kappa shape index (κ2) is 8.66. The first-order valence-corrected chi connectivity index (χ1v) is 9.76. The van der Waals surface area contributed by atoms with E-state index in [0.717, 1.165) is 22.3 Å². The molecule has 0 bridgehead atoms. The highest BCUT2D eigenvalue weighted by atomic mass is 16.5. The van der Waals surface area contributed by atoms with Crippen LogP contribution in [0.15, 0.2) is 83.7 Å². The molecule has 1 aromatic heterocycles. The number of carbonyl (C=O) groups excluding carboxylic acids is 1. The van der Waals surface area contributed by atoms with Gasteiger partial charge in [-0.05, 0) is 47.7 Å². The van der Waals surface area contributed by atoms with E-state index in [1.807, 2.05) is 48.5 Å². The fourth-order valence-electron chi connectivity index (χ4n) is 3.28. The number of aromatic nitrogens is 1. The molecule has 0 saturated carbocycles. The zero-order valence-corrected chi connectivity index (χ0v) is 16.6. The van der Waals surface area contributed by atoms with Gasteiger partial charge in [0.25, 0.3) is 11.5 Å². The summed E-state index contributed by atoms with van der Waals surface area (Å²) in [6.07, 6.45) is 0. The minimum Gasteiger partial charge on any atom is -0.489 e. The van der Waals surface area contributed by atoms with E-state index < -0.39 is 0 Å². The summed E-state index contributed by atoms with van der Waals surface area (Å²) >= 11 is 0. The van der Waals surface area contributed by atoms with Gasteiger partial charge in [0.05, 0.1) is 0 Å². The minimum absolute atomic E-state index is 0.247. The molecule has 0 spiro atoms. The van der Waals surface area contributed by atoms with E-state index in [9.17, 15) is 9.59 Å². The average molecular weight is 398 g/mol. The molecule has 0 aliphatic heterocycles. The maximum Gasteiger partial charge on any atom is 0.268 e. The highest BCUT2D eigenvalue weighted by Crippen LogP contribution is 2.15. The Morgan fingerprint density at radius 2 is 1.73 bits per heavy atom. The Labute approximate surface area is 174 Å². The Kier molecular flexibility index (Phi) is 5.61. The Morgan fingerprint density at radius 3 is 2.53 bits per heavy atom. The number of carbonyl (C=O) groups is 1. The van der Waals surface area contributed by atoms with Gasteiger partial charge in [-0.1, -0.05) is 60.2 Å². The van der Waals surface area contributed by atoms with Crippen LogP contribution in [0, 0.1) is 6.92 Å². The van der Waals surface area contributed by atoms with Crippen LogP contribution in [0.1, 0.15) is 27.2 Å². The molecule has 0 atom stereocenters. The molecule has 2 N–H and O–H groups in total. The van der Waals surface area contributed by atoms with E-state index in [4.69, 9.17) is 4.74 Å². The predicted molar refractivity (Wildman–Crippen MR) is 118 cm³/mol. The topological polar surface area (TPSA) is 71.2 Å². The van der Waals surface area contributed by atoms with Crippen molar-refractivity contribution in [1.82, 2.24) is 10.3 Å². The number of benzene rings is 3. The quantitative estimate of drug-likeness (QED) is 0.507. The Balaban J connectivity index is 1.36. The summed E-state index contributed by atoms with van der Waals surface area (Å²) in [5, 5.41) is 4.14. The summed E-state index contributed by atoms with van der Waals surface area (Å²) in [4.78, 5) is 27.3. The zero-order chi connectivity index (χ0) is 20.9. The summed E-state index contributed by atoms with van der Waals surface area (Å²) in [6.45, 7) is 2.92. The van der Waals surface area contributed by atoms with Gasteiger partial charge in [-0.15, -0.1) is 0 Å². The van der Waals surface area contributed by atoms with Crippen molar-refractivity contribution < 1.29 is 9.53 Å². The second-order valence-electron chi connectivity index (χ2n) is 7.20. The van der Waals surface area contributed by atoms with E-state index in [0.29, 0.717) is 18.5 Å². The first kappa shape index (κ1) is 19.5. The van der Waals surface area contributed by atoms with Crippen molar-refractivity contribution in [1.29, 1.82) is 0 Å². The number of amides is 1. The lowest BCUT2D eigenvalue weighted by Gasteiger charge is -2.09. The standard InChI is InChI=1S/C25H22N2O3/c1-17-5-4-6-19(13-17)16-30-21-11-9-18(10-12-21)15-26-25(29)23-14-20-7-2-3-8-22(20)24(28)27-23/h2-14H,15-16H2,1H3,(H,26,29)(H,27,28). The van der Waals surface area contributed by atoms with E-state index in [1.54, 1.807) is 18.2 Å². The van der Waals surface area contributed by atoms with E-state index in [2.05, 4.69) is 29.4 Å². The summed E-state index contributed by atoms with van der Waals surface area (Å²) in [7, 11) is 0. The lowest BCUT2D eigenvalue weighted by Crippen LogP contribution is -2.26. The lowest BCUT2D eigenvalue weighted by atomic mass is 10.1. The molecule has 4 rings (SSSR count). The molecule has 30 heavy (non-hydrogen) atoms. The highest BCUT2D eigenvalue weighted by molar-refractivity contribution is 5.96. The number of hydrogen-bond acceptors (Lipinski definition) is 3. The number of H-pyrrole nitrogens is 1. The number of nitrogens with one attached hydrogen (secondary N) is 2. The van der Waals surface area contributed by atoms with Crippen molar-refractivity contribution in [3.63, 3.8) is 0 Å². The monoisotopic (exact) mass is 398 g/mol. The first-order valence-electron chi connectivity index (χ1n) is 9.76. The van der Waals surface area contributed by atoms with Gasteiger partial charge in [-0.3, -0.25) is 9.59 Å². The molecule has 0 saturated heterocycles. The highest BCUT2D eigenvalue weighted by Gasteiger charge is 2.09. The number of fused-ring (bicyclic) bond motifs is 1. The number of hydrogen-bond donors (Lipinski definition) is 2. The molecule has 4 aromatic rings. The van der Waals surface area contributed by atoms with Crippen molar-refractivity contribution in [3.05, 3.63) is 112 Å². The SMILES string of the molecule is Cc1cccc(COc2ccc(CNC(=O)c3cc4ccccc4c(=O)[nH]3)cc2)c1. The molecule has 0 unspecified atom stereocenters. The lowest BCUT2D eigenvalue weighted by molar-refractivity contribution is 0.0946. The first-order chi connectivity index (χ1) is 14.6. The van der Waals surface area contributed by atoms with E-state index in [-0.39, 0.29) is 17.2 Å². The van der Waals surface area contributed by atoms with Gasteiger partial charge in [0, 0.05) is 11.9 Å². The van der Waals surface area contributed by atoms with Crippen molar-refractivity contribution in [2.45, 2.75) is 20.1 Å². The van der Waals surface area contributed by atoms with Gasteiger partial charge in [0.15, 0.2) is 0 Å². The van der Waals surface area contributed by atoms with Crippen LogP contribution in [0.25, 0.3) is 10.8 Å². The van der Waals surface area contributed by atoms with Crippen LogP contribution in [-0.2, 0) is 13.2 Å². The third kappa shape index (κ3) is 4.58. The number of pyridine rings is 1. The van der Waals surface area contributed by atoms with Crippen LogP contribution in [0.2, 0.25) is 0 Å². The zero-order valence-electron chi connectivity index (χ0n) is 16.6. The predicted octanol–water partition coefficient (Wildman–Crippen LogP) is 4.35. The summed E-state index contributed by atoms with van der Waals surface area (Å²) in [5.74, 6) is 0.447. The molecule has 5 heteroatoms. The number of aromatic amines is 1. The van der Waals surface area contributed by atoms with Gasteiger partial charge in [-0.25, -0.2) is 0 Å². The molecule has 0 aliphatic rings.